The first-order valence-corrected chi connectivity index (χ1v) is 5.67. The number of hydrogen-bond acceptors (Lipinski definition) is 2. The molecule has 2 aromatic rings. The number of nitrogens with one attached hydrogen (secondary N) is 1. The monoisotopic (exact) mass is 239 g/mol. The van der Waals surface area contributed by atoms with Crippen LogP contribution in [0.3, 0.4) is 0 Å². The Hall–Kier alpha value is -2.42. The molecule has 0 aliphatic heterocycles. The quantitative estimate of drug-likeness (QED) is 0.815. The van der Waals surface area contributed by atoms with Gasteiger partial charge in [-0.1, -0.05) is 36.4 Å². The lowest BCUT2D eigenvalue weighted by Gasteiger charge is -2.09. The molecule has 2 rings (SSSR count). The van der Waals surface area contributed by atoms with E-state index in [0.29, 0.717) is 12.1 Å². The van der Waals surface area contributed by atoms with Crippen molar-refractivity contribution in [2.45, 2.75) is 6.42 Å². The van der Waals surface area contributed by atoms with E-state index in [-0.39, 0.29) is 6.42 Å². The molecule has 2 aromatic carbocycles. The van der Waals surface area contributed by atoms with Gasteiger partial charge in [0, 0.05) is 12.1 Å². The summed E-state index contributed by atoms with van der Waals surface area (Å²) in [6.07, 6.45) is 1.74. The molecule has 3 nitrogen and oxygen atoms in total. The maximum atomic E-state index is 10.7. The maximum Gasteiger partial charge on any atom is 0.211 e. The van der Waals surface area contributed by atoms with Crippen molar-refractivity contribution in [3.63, 3.8) is 0 Å². The van der Waals surface area contributed by atoms with E-state index in [2.05, 4.69) is 5.32 Å². The van der Waals surface area contributed by atoms with Crippen LogP contribution in [0.25, 0.3) is 11.1 Å². The molecule has 0 heterocycles. The Bertz CT molecular complexity index is 550. The SMILES string of the molecule is O=CCc1cc(-c2ccccc2)ccc1NC=O. The van der Waals surface area contributed by atoms with Gasteiger partial charge in [-0.05, 0) is 28.8 Å². The zero-order valence-electron chi connectivity index (χ0n) is 9.80. The molecule has 1 N–H and O–H groups in total. The van der Waals surface area contributed by atoms with Crippen molar-refractivity contribution in [1.29, 1.82) is 0 Å². The van der Waals surface area contributed by atoms with Gasteiger partial charge in [-0.2, -0.15) is 0 Å². The van der Waals surface area contributed by atoms with Crippen molar-refractivity contribution in [1.82, 2.24) is 0 Å². The molecule has 0 aliphatic carbocycles. The third kappa shape index (κ3) is 2.63. The van der Waals surface area contributed by atoms with E-state index in [1.54, 1.807) is 0 Å². The summed E-state index contributed by atoms with van der Waals surface area (Å²) >= 11 is 0. The van der Waals surface area contributed by atoms with Gasteiger partial charge >= 0.3 is 0 Å². The van der Waals surface area contributed by atoms with Crippen LogP contribution in [-0.4, -0.2) is 12.7 Å². The number of carbonyl (C=O) groups is 2. The summed E-state index contributed by atoms with van der Waals surface area (Å²) in [6, 6.07) is 15.6. The highest BCUT2D eigenvalue weighted by molar-refractivity contribution is 5.78. The second-order valence-corrected chi connectivity index (χ2v) is 3.87. The minimum absolute atomic E-state index is 0.289. The fraction of sp³-hybridized carbons (Fsp3) is 0.0667. The van der Waals surface area contributed by atoms with Gasteiger partial charge in [-0.3, -0.25) is 4.79 Å². The van der Waals surface area contributed by atoms with E-state index in [4.69, 9.17) is 0 Å². The average molecular weight is 239 g/mol. The van der Waals surface area contributed by atoms with Gasteiger partial charge in [0.2, 0.25) is 6.41 Å². The van der Waals surface area contributed by atoms with Crippen LogP contribution in [0.1, 0.15) is 5.56 Å². The van der Waals surface area contributed by atoms with Gasteiger partial charge in [0.05, 0.1) is 0 Å². The van der Waals surface area contributed by atoms with Crippen molar-refractivity contribution in [2.24, 2.45) is 0 Å². The molecule has 0 bridgehead atoms. The van der Waals surface area contributed by atoms with E-state index in [0.717, 1.165) is 23.0 Å². The van der Waals surface area contributed by atoms with E-state index < -0.39 is 0 Å². The number of amides is 1. The highest BCUT2D eigenvalue weighted by Gasteiger charge is 2.04. The summed E-state index contributed by atoms with van der Waals surface area (Å²) in [6.45, 7) is 0. The summed E-state index contributed by atoms with van der Waals surface area (Å²) in [7, 11) is 0. The fourth-order valence-corrected chi connectivity index (χ4v) is 1.87. The molecule has 90 valence electrons. The molecule has 0 fully saturated rings. The molecule has 3 heteroatoms. The normalized spacial score (nSPS) is 9.78. The van der Waals surface area contributed by atoms with Gasteiger partial charge in [-0.25, -0.2) is 0 Å². The Morgan fingerprint density at radius 3 is 2.39 bits per heavy atom. The number of hydrogen-bond donors (Lipinski definition) is 1. The van der Waals surface area contributed by atoms with E-state index in [1.807, 2.05) is 48.5 Å². The predicted octanol–water partition coefficient (Wildman–Crippen LogP) is 2.66. The van der Waals surface area contributed by atoms with Crippen LogP contribution in [0.4, 0.5) is 5.69 Å². The molecule has 18 heavy (non-hydrogen) atoms. The number of anilines is 1. The summed E-state index contributed by atoms with van der Waals surface area (Å²) in [5.74, 6) is 0. The standard InChI is InChI=1S/C15H13NO2/c17-9-8-14-10-13(6-7-15(14)16-11-18)12-4-2-1-3-5-12/h1-7,9-11H,8H2,(H,16,18). The summed E-state index contributed by atoms with van der Waals surface area (Å²) < 4.78 is 0. The minimum atomic E-state index is 0.289. The molecule has 0 saturated heterocycles. The third-order valence-corrected chi connectivity index (χ3v) is 2.73. The summed E-state index contributed by atoms with van der Waals surface area (Å²) in [5.41, 5.74) is 3.61. The van der Waals surface area contributed by atoms with Gasteiger partial charge in [-0.15, -0.1) is 0 Å². The molecule has 0 unspecified atom stereocenters. The molecular formula is C15H13NO2. The lowest BCUT2D eigenvalue weighted by molar-refractivity contribution is -0.107. The van der Waals surface area contributed by atoms with Crippen LogP contribution in [-0.2, 0) is 16.0 Å². The van der Waals surface area contributed by atoms with Crippen LogP contribution < -0.4 is 5.32 Å². The van der Waals surface area contributed by atoms with Crippen molar-refractivity contribution in [2.75, 3.05) is 5.32 Å². The van der Waals surface area contributed by atoms with Crippen molar-refractivity contribution >= 4 is 18.4 Å². The first kappa shape index (κ1) is 12.0. The number of benzene rings is 2. The summed E-state index contributed by atoms with van der Waals surface area (Å²) in [5, 5.41) is 2.60. The van der Waals surface area contributed by atoms with Gasteiger partial charge in [0.1, 0.15) is 6.29 Å². The average Bonchev–Trinajstić information content (AvgIpc) is 2.42. The zero-order valence-corrected chi connectivity index (χ0v) is 9.80. The highest BCUT2D eigenvalue weighted by Crippen LogP contribution is 2.25. The van der Waals surface area contributed by atoms with E-state index in [9.17, 15) is 9.59 Å². The molecule has 0 radical (unpaired) electrons. The number of aldehydes is 1. The van der Waals surface area contributed by atoms with E-state index >= 15 is 0 Å². The van der Waals surface area contributed by atoms with Crippen LogP contribution in [0.15, 0.2) is 48.5 Å². The lowest BCUT2D eigenvalue weighted by atomic mass is 10.0. The lowest BCUT2D eigenvalue weighted by Crippen LogP contribution is -2.00. The zero-order chi connectivity index (χ0) is 12.8. The highest BCUT2D eigenvalue weighted by atomic mass is 16.1. The van der Waals surface area contributed by atoms with Crippen molar-refractivity contribution < 1.29 is 9.59 Å². The molecule has 0 aromatic heterocycles. The summed E-state index contributed by atoms with van der Waals surface area (Å²) in [4.78, 5) is 21.1. The molecule has 0 spiro atoms. The predicted molar refractivity (Wildman–Crippen MR) is 71.3 cm³/mol. The molecule has 0 saturated carbocycles. The van der Waals surface area contributed by atoms with Crippen molar-refractivity contribution in [3.8, 4) is 11.1 Å². The van der Waals surface area contributed by atoms with Crippen molar-refractivity contribution in [3.05, 3.63) is 54.1 Å². The molecule has 1 amide bonds. The minimum Gasteiger partial charge on any atom is -0.328 e. The Balaban J connectivity index is 2.42. The smallest absolute Gasteiger partial charge is 0.211 e. The van der Waals surface area contributed by atoms with Crippen LogP contribution in [0.2, 0.25) is 0 Å². The number of rotatable bonds is 5. The second kappa shape index (κ2) is 5.77. The van der Waals surface area contributed by atoms with Gasteiger partial charge in [0.25, 0.3) is 0 Å². The second-order valence-electron chi connectivity index (χ2n) is 3.87. The topological polar surface area (TPSA) is 46.2 Å². The van der Waals surface area contributed by atoms with Crippen LogP contribution in [0, 0.1) is 0 Å². The fourth-order valence-electron chi connectivity index (χ4n) is 1.87. The van der Waals surface area contributed by atoms with Crippen LogP contribution >= 0.6 is 0 Å². The molecular weight excluding hydrogens is 226 g/mol. The van der Waals surface area contributed by atoms with Crippen LogP contribution in [0.5, 0.6) is 0 Å². The Kier molecular flexibility index (Phi) is 3.86. The van der Waals surface area contributed by atoms with E-state index in [1.165, 1.54) is 0 Å². The molecule has 0 atom stereocenters. The Labute approximate surface area is 105 Å². The maximum absolute atomic E-state index is 10.7. The number of carbonyl (C=O) groups excluding carboxylic acids is 2. The molecule has 0 aliphatic rings. The largest absolute Gasteiger partial charge is 0.328 e. The Morgan fingerprint density at radius 2 is 1.72 bits per heavy atom. The third-order valence-electron chi connectivity index (χ3n) is 2.73. The van der Waals surface area contributed by atoms with Gasteiger partial charge < -0.3 is 10.1 Å². The Morgan fingerprint density at radius 1 is 0.944 bits per heavy atom. The first-order chi connectivity index (χ1) is 8.85. The first-order valence-electron chi connectivity index (χ1n) is 5.67. The van der Waals surface area contributed by atoms with Gasteiger partial charge in [0.15, 0.2) is 0 Å².